The van der Waals surface area contributed by atoms with Crippen LogP contribution in [0.4, 0.5) is 5.69 Å². The molecule has 1 aromatic carbocycles. The predicted octanol–water partition coefficient (Wildman–Crippen LogP) is 1.51. The highest BCUT2D eigenvalue weighted by Gasteiger charge is 2.49. The third-order valence-corrected chi connectivity index (χ3v) is 3.30. The molecule has 0 saturated heterocycles. The number of carbonyl (C=O) groups excluding carboxylic acids is 2. The summed E-state index contributed by atoms with van der Waals surface area (Å²) in [5.74, 6) is -0.752. The molecule has 4 nitrogen and oxygen atoms in total. The molecule has 1 heterocycles. The van der Waals surface area contributed by atoms with E-state index in [-0.39, 0.29) is 12.2 Å². The second-order valence-electron chi connectivity index (χ2n) is 3.84. The van der Waals surface area contributed by atoms with E-state index in [1.54, 1.807) is 24.3 Å². The number of carbonyl (C=O) groups is 2. The molecule has 1 aromatic rings. The quantitative estimate of drug-likeness (QED) is 0.837. The van der Waals surface area contributed by atoms with Crippen molar-refractivity contribution in [1.29, 1.82) is 0 Å². The second-order valence-corrected chi connectivity index (χ2v) is 4.55. The van der Waals surface area contributed by atoms with Gasteiger partial charge in [0, 0.05) is 12.0 Å². The van der Waals surface area contributed by atoms with Gasteiger partial charge in [-0.2, -0.15) is 0 Å². The van der Waals surface area contributed by atoms with Gasteiger partial charge in [-0.3, -0.25) is 9.59 Å². The van der Waals surface area contributed by atoms with Crippen molar-refractivity contribution in [2.24, 2.45) is 0 Å². The molecule has 1 atom stereocenters. The molecule has 1 amide bonds. The number of benzene rings is 1. The van der Waals surface area contributed by atoms with E-state index >= 15 is 0 Å². The fraction of sp³-hybridized carbons (Fsp3) is 0.273. The van der Waals surface area contributed by atoms with E-state index in [0.717, 1.165) is 0 Å². The number of rotatable bonds is 2. The van der Waals surface area contributed by atoms with Crippen LogP contribution in [0.15, 0.2) is 24.3 Å². The van der Waals surface area contributed by atoms with Gasteiger partial charge >= 0.3 is 0 Å². The lowest BCUT2D eigenvalue weighted by Gasteiger charge is -2.19. The number of halogens is 1. The zero-order valence-electron chi connectivity index (χ0n) is 8.61. The number of ketones is 1. The van der Waals surface area contributed by atoms with Crippen LogP contribution in [-0.4, -0.2) is 16.8 Å². The van der Waals surface area contributed by atoms with Crippen molar-refractivity contribution >= 4 is 33.5 Å². The molecule has 0 aliphatic carbocycles. The number of fused-ring (bicyclic) bond motifs is 1. The van der Waals surface area contributed by atoms with Gasteiger partial charge in [-0.1, -0.05) is 18.2 Å². The number of hydrogen-bond donors (Lipinski definition) is 1. The predicted molar refractivity (Wildman–Crippen MR) is 62.0 cm³/mol. The Kier molecular flexibility index (Phi) is 2.59. The van der Waals surface area contributed by atoms with Crippen molar-refractivity contribution in [3.8, 4) is 0 Å². The zero-order valence-corrected chi connectivity index (χ0v) is 10.2. The summed E-state index contributed by atoms with van der Waals surface area (Å²) in [4.78, 5) is 23.0. The molecular weight excluding hydrogens is 274 g/mol. The minimum absolute atomic E-state index is 0.203. The zero-order chi connectivity index (χ0) is 11.9. The summed E-state index contributed by atoms with van der Waals surface area (Å²) >= 11 is 3.08. The summed E-state index contributed by atoms with van der Waals surface area (Å²) in [7, 11) is 0. The molecule has 1 aliphatic rings. The van der Waals surface area contributed by atoms with E-state index in [2.05, 4.69) is 16.1 Å². The van der Waals surface area contributed by atoms with Crippen LogP contribution in [-0.2, 0) is 15.2 Å². The number of amides is 1. The maximum absolute atomic E-state index is 11.9. The molecule has 0 spiro atoms. The molecule has 1 aliphatic heterocycles. The van der Waals surface area contributed by atoms with E-state index in [1.807, 2.05) is 0 Å². The molecule has 0 saturated carbocycles. The van der Waals surface area contributed by atoms with E-state index < -0.39 is 11.5 Å². The van der Waals surface area contributed by atoms with Gasteiger partial charge in [0.05, 0.1) is 21.8 Å². The number of para-hydroxylation sites is 1. The van der Waals surface area contributed by atoms with Crippen LogP contribution in [0.5, 0.6) is 0 Å². The highest BCUT2D eigenvalue weighted by molar-refractivity contribution is 9.10. The van der Waals surface area contributed by atoms with E-state index in [9.17, 15) is 14.7 Å². The minimum Gasteiger partial charge on any atom is -0.375 e. The van der Waals surface area contributed by atoms with E-state index in [4.69, 9.17) is 0 Å². The smallest absolute Gasteiger partial charge is 0.274 e. The van der Waals surface area contributed by atoms with Gasteiger partial charge in [0.1, 0.15) is 5.78 Å². The summed E-state index contributed by atoms with van der Waals surface area (Å²) < 4.78 is 1.20. The highest BCUT2D eigenvalue weighted by atomic mass is 79.9. The first-order valence-electron chi connectivity index (χ1n) is 4.78. The molecule has 84 valence electrons. The Morgan fingerprint density at radius 3 is 2.75 bits per heavy atom. The summed E-state index contributed by atoms with van der Waals surface area (Å²) in [5.41, 5.74) is -0.685. The highest BCUT2D eigenvalue weighted by Crippen LogP contribution is 2.43. The number of hydrogen-bond acceptors (Lipinski definition) is 3. The standard InChI is InChI=1S/C11H10BrNO3/c1-7(14)6-11(16)8-4-2-3-5-9(8)13(12)10(11)15/h2-5,16H,6H2,1H3. The van der Waals surface area contributed by atoms with Gasteiger partial charge in [0.25, 0.3) is 5.91 Å². The number of nitrogens with zero attached hydrogens (tertiary/aromatic N) is 1. The van der Waals surface area contributed by atoms with Crippen molar-refractivity contribution in [1.82, 2.24) is 0 Å². The van der Waals surface area contributed by atoms with Crippen molar-refractivity contribution in [3.05, 3.63) is 29.8 Å². The molecule has 1 N–H and O–H groups in total. The lowest BCUT2D eigenvalue weighted by molar-refractivity contribution is -0.140. The van der Waals surface area contributed by atoms with E-state index in [1.165, 1.54) is 10.8 Å². The average molecular weight is 284 g/mol. The van der Waals surface area contributed by atoms with Crippen molar-refractivity contribution in [2.45, 2.75) is 18.9 Å². The van der Waals surface area contributed by atoms with Crippen LogP contribution in [0.3, 0.4) is 0 Å². The first kappa shape index (κ1) is 11.3. The van der Waals surface area contributed by atoms with Crippen molar-refractivity contribution in [3.63, 3.8) is 0 Å². The van der Waals surface area contributed by atoms with Crippen LogP contribution < -0.4 is 3.93 Å². The number of Topliss-reactive ketones (excluding diaryl/α,β-unsaturated/α-hetero) is 1. The molecule has 5 heteroatoms. The Labute approximate surface area is 101 Å². The Bertz CT molecular complexity index is 474. The minimum atomic E-state index is -1.73. The largest absolute Gasteiger partial charge is 0.375 e. The summed E-state index contributed by atoms with van der Waals surface area (Å²) in [6.45, 7) is 1.35. The van der Waals surface area contributed by atoms with Gasteiger partial charge < -0.3 is 5.11 Å². The lowest BCUT2D eigenvalue weighted by atomic mass is 9.90. The first-order valence-corrected chi connectivity index (χ1v) is 5.49. The third-order valence-electron chi connectivity index (χ3n) is 2.60. The summed E-state index contributed by atoms with van der Waals surface area (Å²) in [5, 5.41) is 10.3. The number of anilines is 1. The molecule has 0 aromatic heterocycles. The lowest BCUT2D eigenvalue weighted by Crippen LogP contribution is -2.38. The molecule has 0 bridgehead atoms. The molecule has 0 radical (unpaired) electrons. The van der Waals surface area contributed by atoms with E-state index in [0.29, 0.717) is 11.3 Å². The Morgan fingerprint density at radius 1 is 1.50 bits per heavy atom. The van der Waals surface area contributed by atoms with Crippen LogP contribution >= 0.6 is 16.1 Å². The normalized spacial score (nSPS) is 23.4. The second kappa shape index (κ2) is 3.68. The average Bonchev–Trinajstić information content (AvgIpc) is 2.42. The molecular formula is C11H10BrNO3. The van der Waals surface area contributed by atoms with Crippen molar-refractivity contribution in [2.75, 3.05) is 3.93 Å². The monoisotopic (exact) mass is 283 g/mol. The molecule has 2 rings (SSSR count). The van der Waals surface area contributed by atoms with Crippen molar-refractivity contribution < 1.29 is 14.7 Å². The van der Waals surface area contributed by atoms with Gasteiger partial charge in [0.2, 0.25) is 0 Å². The SMILES string of the molecule is CC(=O)CC1(O)C(=O)N(Br)c2ccccc21. The van der Waals surface area contributed by atoms with Crippen LogP contribution in [0, 0.1) is 0 Å². The van der Waals surface area contributed by atoms with Gasteiger partial charge in [-0.15, -0.1) is 0 Å². The Morgan fingerprint density at radius 2 is 2.12 bits per heavy atom. The fourth-order valence-electron chi connectivity index (χ4n) is 1.91. The summed E-state index contributed by atoms with van der Waals surface area (Å²) in [6, 6.07) is 6.85. The van der Waals surface area contributed by atoms with Gasteiger partial charge in [-0.05, 0) is 13.0 Å². The maximum atomic E-state index is 11.9. The van der Waals surface area contributed by atoms with Crippen LogP contribution in [0.1, 0.15) is 18.9 Å². The molecule has 1 unspecified atom stereocenters. The Balaban J connectivity index is 2.56. The molecule has 0 fully saturated rings. The topological polar surface area (TPSA) is 57.6 Å². The third kappa shape index (κ3) is 1.47. The number of aliphatic hydroxyl groups is 1. The maximum Gasteiger partial charge on any atom is 0.274 e. The first-order chi connectivity index (χ1) is 7.47. The summed E-state index contributed by atoms with van der Waals surface area (Å²) in [6.07, 6.45) is -0.203. The van der Waals surface area contributed by atoms with Gasteiger partial charge in [0.15, 0.2) is 5.60 Å². The van der Waals surface area contributed by atoms with Gasteiger partial charge in [-0.25, -0.2) is 3.93 Å². The molecule has 16 heavy (non-hydrogen) atoms. The van der Waals surface area contributed by atoms with Crippen LogP contribution in [0.25, 0.3) is 0 Å². The Hall–Kier alpha value is -1.20. The fourth-order valence-corrected chi connectivity index (χ4v) is 2.52. The van der Waals surface area contributed by atoms with Crippen LogP contribution in [0.2, 0.25) is 0 Å².